The number of ether oxygens (including phenoxy) is 1. The fraction of sp³-hybridized carbons (Fsp3) is 0.105. The Morgan fingerprint density at radius 1 is 1.08 bits per heavy atom. The minimum Gasteiger partial charge on any atom is -0.456 e. The molecule has 0 spiro atoms. The summed E-state index contributed by atoms with van der Waals surface area (Å²) in [7, 11) is 0. The number of rotatable bonds is 4. The van der Waals surface area contributed by atoms with Crippen LogP contribution < -0.4 is 5.73 Å². The van der Waals surface area contributed by atoms with Gasteiger partial charge in [-0.05, 0) is 42.8 Å². The molecule has 3 rings (SSSR count). The van der Waals surface area contributed by atoms with E-state index in [-0.39, 0.29) is 6.61 Å². The Bertz CT molecular complexity index is 968. The molecule has 0 aliphatic carbocycles. The van der Waals surface area contributed by atoms with E-state index in [2.05, 4.69) is 4.98 Å². The van der Waals surface area contributed by atoms with Gasteiger partial charge in [0.1, 0.15) is 6.61 Å². The molecule has 2 aromatic carbocycles. The standard InChI is InChI=1S/C19H15ClN2O3/c1-11-14-4-2-3-5-15(14)22-16(17(11)20)10-25-19(24)13-8-6-12(7-9-13)18(21)23/h2-9H,10H2,1H3,(H2,21,23). The number of hydrogen-bond donors (Lipinski definition) is 1. The SMILES string of the molecule is Cc1c(Cl)c(COC(=O)c2ccc(C(N)=O)cc2)nc2ccccc12. The third-order valence-corrected chi connectivity index (χ3v) is 4.39. The van der Waals surface area contributed by atoms with E-state index in [1.54, 1.807) is 0 Å². The first kappa shape index (κ1) is 16.9. The number of fused-ring (bicyclic) bond motifs is 1. The first-order valence-corrected chi connectivity index (χ1v) is 7.96. The number of esters is 1. The van der Waals surface area contributed by atoms with Crippen LogP contribution in [-0.4, -0.2) is 16.9 Å². The van der Waals surface area contributed by atoms with Gasteiger partial charge >= 0.3 is 5.97 Å². The van der Waals surface area contributed by atoms with E-state index < -0.39 is 11.9 Å². The molecule has 0 saturated heterocycles. The molecule has 1 amide bonds. The summed E-state index contributed by atoms with van der Waals surface area (Å²) < 4.78 is 5.30. The van der Waals surface area contributed by atoms with E-state index in [9.17, 15) is 9.59 Å². The second-order valence-electron chi connectivity index (χ2n) is 5.53. The van der Waals surface area contributed by atoms with E-state index in [1.165, 1.54) is 24.3 Å². The number of aryl methyl sites for hydroxylation is 1. The highest BCUT2D eigenvalue weighted by molar-refractivity contribution is 6.32. The van der Waals surface area contributed by atoms with Crippen LogP contribution in [0.3, 0.4) is 0 Å². The zero-order chi connectivity index (χ0) is 18.0. The quantitative estimate of drug-likeness (QED) is 0.725. The van der Waals surface area contributed by atoms with Gasteiger partial charge in [-0.25, -0.2) is 9.78 Å². The van der Waals surface area contributed by atoms with Gasteiger partial charge in [-0.15, -0.1) is 0 Å². The molecule has 1 heterocycles. The maximum absolute atomic E-state index is 12.1. The largest absolute Gasteiger partial charge is 0.456 e. The molecule has 0 aliphatic heterocycles. The van der Waals surface area contributed by atoms with Gasteiger partial charge in [0.15, 0.2) is 0 Å². The number of para-hydroxylation sites is 1. The van der Waals surface area contributed by atoms with Crippen LogP contribution in [0.1, 0.15) is 32.0 Å². The third-order valence-electron chi connectivity index (χ3n) is 3.89. The van der Waals surface area contributed by atoms with Gasteiger partial charge in [0.2, 0.25) is 5.91 Å². The Labute approximate surface area is 149 Å². The summed E-state index contributed by atoms with van der Waals surface area (Å²) in [5.74, 6) is -1.08. The van der Waals surface area contributed by atoms with Crippen LogP contribution in [0.25, 0.3) is 10.9 Å². The lowest BCUT2D eigenvalue weighted by atomic mass is 10.1. The molecule has 2 N–H and O–H groups in total. The summed E-state index contributed by atoms with van der Waals surface area (Å²) in [6, 6.07) is 13.6. The molecule has 25 heavy (non-hydrogen) atoms. The van der Waals surface area contributed by atoms with Crippen LogP contribution in [0.4, 0.5) is 0 Å². The highest BCUT2D eigenvalue weighted by Crippen LogP contribution is 2.27. The van der Waals surface area contributed by atoms with Crippen molar-refractivity contribution in [2.45, 2.75) is 13.5 Å². The Balaban J connectivity index is 1.79. The zero-order valence-electron chi connectivity index (χ0n) is 13.5. The predicted molar refractivity (Wildman–Crippen MR) is 95.6 cm³/mol. The number of primary amides is 1. The smallest absolute Gasteiger partial charge is 0.338 e. The topological polar surface area (TPSA) is 82.3 Å². The monoisotopic (exact) mass is 354 g/mol. The molecule has 3 aromatic rings. The molecule has 0 atom stereocenters. The van der Waals surface area contributed by atoms with E-state index in [0.717, 1.165) is 16.5 Å². The van der Waals surface area contributed by atoms with Crippen LogP contribution in [0.15, 0.2) is 48.5 Å². The molecule has 0 radical (unpaired) electrons. The van der Waals surface area contributed by atoms with E-state index in [0.29, 0.717) is 21.8 Å². The molecule has 0 fully saturated rings. The molecule has 6 heteroatoms. The van der Waals surface area contributed by atoms with Crippen molar-refractivity contribution in [3.63, 3.8) is 0 Å². The summed E-state index contributed by atoms with van der Waals surface area (Å²) in [5, 5.41) is 1.44. The fourth-order valence-electron chi connectivity index (χ4n) is 2.50. The lowest BCUT2D eigenvalue weighted by Crippen LogP contribution is -2.12. The number of nitrogens with zero attached hydrogens (tertiary/aromatic N) is 1. The first-order chi connectivity index (χ1) is 12.0. The number of nitrogens with two attached hydrogens (primary N) is 1. The van der Waals surface area contributed by atoms with Crippen LogP contribution in [0, 0.1) is 6.92 Å². The molecule has 0 aliphatic rings. The highest BCUT2D eigenvalue weighted by Gasteiger charge is 2.14. The van der Waals surface area contributed by atoms with Gasteiger partial charge in [0.05, 0.1) is 21.8 Å². The number of hydrogen-bond acceptors (Lipinski definition) is 4. The fourth-order valence-corrected chi connectivity index (χ4v) is 2.70. The average molecular weight is 355 g/mol. The second kappa shape index (κ2) is 6.91. The minimum atomic E-state index is -0.553. The summed E-state index contributed by atoms with van der Waals surface area (Å²) in [5.41, 5.74) is 8.00. The van der Waals surface area contributed by atoms with Crippen molar-refractivity contribution in [3.05, 3.63) is 75.9 Å². The molecular formula is C19H15ClN2O3. The Morgan fingerprint density at radius 2 is 1.72 bits per heavy atom. The molecule has 0 saturated carbocycles. The Morgan fingerprint density at radius 3 is 2.40 bits per heavy atom. The lowest BCUT2D eigenvalue weighted by molar-refractivity contribution is 0.0468. The molecular weight excluding hydrogens is 340 g/mol. The van der Waals surface area contributed by atoms with E-state index >= 15 is 0 Å². The van der Waals surface area contributed by atoms with Gasteiger partial charge in [-0.2, -0.15) is 0 Å². The number of pyridine rings is 1. The Kier molecular flexibility index (Phi) is 4.67. The lowest BCUT2D eigenvalue weighted by Gasteiger charge is -2.10. The van der Waals surface area contributed by atoms with Gasteiger partial charge in [-0.3, -0.25) is 4.79 Å². The predicted octanol–water partition coefficient (Wildman–Crippen LogP) is 3.65. The van der Waals surface area contributed by atoms with Crippen molar-refractivity contribution in [2.24, 2.45) is 5.73 Å². The maximum atomic E-state index is 12.1. The average Bonchev–Trinajstić information content (AvgIpc) is 2.63. The van der Waals surface area contributed by atoms with Gasteiger partial charge in [-0.1, -0.05) is 29.8 Å². The molecule has 0 unspecified atom stereocenters. The number of halogens is 1. The summed E-state index contributed by atoms with van der Waals surface area (Å²) in [4.78, 5) is 27.7. The highest BCUT2D eigenvalue weighted by atomic mass is 35.5. The first-order valence-electron chi connectivity index (χ1n) is 7.58. The minimum absolute atomic E-state index is 0.0408. The zero-order valence-corrected chi connectivity index (χ0v) is 14.2. The van der Waals surface area contributed by atoms with Crippen LogP contribution in [-0.2, 0) is 11.3 Å². The summed E-state index contributed by atoms with van der Waals surface area (Å²) in [6.07, 6.45) is 0. The molecule has 5 nitrogen and oxygen atoms in total. The van der Waals surface area contributed by atoms with Crippen LogP contribution >= 0.6 is 11.6 Å². The number of aromatic nitrogens is 1. The number of benzene rings is 2. The summed E-state index contributed by atoms with van der Waals surface area (Å²) in [6.45, 7) is 1.86. The van der Waals surface area contributed by atoms with Gasteiger partial charge in [0.25, 0.3) is 0 Å². The van der Waals surface area contributed by atoms with Crippen LogP contribution in [0.5, 0.6) is 0 Å². The van der Waals surface area contributed by atoms with Gasteiger partial charge in [0, 0.05) is 10.9 Å². The van der Waals surface area contributed by atoms with Crippen molar-refractivity contribution >= 4 is 34.4 Å². The number of carbonyl (C=O) groups excluding carboxylic acids is 2. The van der Waals surface area contributed by atoms with Crippen molar-refractivity contribution in [3.8, 4) is 0 Å². The van der Waals surface area contributed by atoms with Gasteiger partial charge < -0.3 is 10.5 Å². The molecule has 1 aromatic heterocycles. The maximum Gasteiger partial charge on any atom is 0.338 e. The normalized spacial score (nSPS) is 10.6. The van der Waals surface area contributed by atoms with E-state index in [4.69, 9.17) is 22.1 Å². The van der Waals surface area contributed by atoms with Crippen molar-refractivity contribution in [1.82, 2.24) is 4.98 Å². The molecule has 0 bridgehead atoms. The Hall–Kier alpha value is -2.92. The number of amides is 1. The van der Waals surface area contributed by atoms with Crippen LogP contribution in [0.2, 0.25) is 5.02 Å². The summed E-state index contributed by atoms with van der Waals surface area (Å²) >= 11 is 6.35. The number of carbonyl (C=O) groups is 2. The third kappa shape index (κ3) is 3.46. The van der Waals surface area contributed by atoms with E-state index in [1.807, 2.05) is 31.2 Å². The van der Waals surface area contributed by atoms with Crippen molar-refractivity contribution < 1.29 is 14.3 Å². The van der Waals surface area contributed by atoms with Crippen molar-refractivity contribution in [1.29, 1.82) is 0 Å². The second-order valence-corrected chi connectivity index (χ2v) is 5.91. The molecule has 126 valence electrons. The van der Waals surface area contributed by atoms with Crippen molar-refractivity contribution in [2.75, 3.05) is 0 Å².